The number of aliphatic hydroxyl groups is 2. The van der Waals surface area contributed by atoms with Crippen LogP contribution >= 0.6 is 0 Å². The fourth-order valence-electron chi connectivity index (χ4n) is 5.60. The molecule has 8 heteroatoms. The van der Waals surface area contributed by atoms with Crippen LogP contribution in [0.1, 0.15) is 34.1 Å². The van der Waals surface area contributed by atoms with Gasteiger partial charge in [-0.2, -0.15) is 0 Å². The van der Waals surface area contributed by atoms with Gasteiger partial charge in [-0.3, -0.25) is 9.59 Å². The van der Waals surface area contributed by atoms with Gasteiger partial charge in [-0.1, -0.05) is 13.0 Å². The second kappa shape index (κ2) is 5.76. The van der Waals surface area contributed by atoms with Gasteiger partial charge in [0, 0.05) is 19.3 Å². The van der Waals surface area contributed by atoms with E-state index in [-0.39, 0.29) is 13.0 Å². The maximum atomic E-state index is 11.8. The summed E-state index contributed by atoms with van der Waals surface area (Å²) in [5, 5.41) is 21.6. The second-order valence-electron chi connectivity index (χ2n) is 8.45. The normalized spacial score (nSPS) is 50.0. The second-order valence-corrected chi connectivity index (χ2v) is 8.45. The first-order valence-electron chi connectivity index (χ1n) is 9.23. The third kappa shape index (κ3) is 2.24. The number of epoxide rings is 1. The number of fused-ring (bicyclic) bond motifs is 2. The Hall–Kier alpha value is -1.48. The average molecular weight is 382 g/mol. The maximum absolute atomic E-state index is 11.8. The first-order chi connectivity index (χ1) is 12.6. The summed E-state index contributed by atoms with van der Waals surface area (Å²) in [7, 11) is 0. The fourth-order valence-corrected chi connectivity index (χ4v) is 5.60. The van der Waals surface area contributed by atoms with Crippen LogP contribution in [0.25, 0.3) is 0 Å². The van der Waals surface area contributed by atoms with E-state index in [4.69, 9.17) is 18.9 Å². The SMILES string of the molecule is CC(=O)OC[C@]12C[C@H](O)C(C)=CC1OC1[C@H](O)C(OC(C)=O)C2(C)[C@]12CO2. The Morgan fingerprint density at radius 3 is 2.52 bits per heavy atom. The molecule has 4 unspecified atom stereocenters. The summed E-state index contributed by atoms with van der Waals surface area (Å²) >= 11 is 0. The zero-order valence-corrected chi connectivity index (χ0v) is 15.9. The number of hydrogen-bond acceptors (Lipinski definition) is 8. The molecule has 0 amide bonds. The molecule has 0 aromatic rings. The van der Waals surface area contributed by atoms with Crippen LogP contribution < -0.4 is 0 Å². The van der Waals surface area contributed by atoms with Gasteiger partial charge in [0.05, 0.1) is 24.2 Å². The van der Waals surface area contributed by atoms with Gasteiger partial charge >= 0.3 is 11.9 Å². The lowest BCUT2D eigenvalue weighted by molar-refractivity contribution is -0.239. The van der Waals surface area contributed by atoms with Crippen molar-refractivity contribution >= 4 is 11.9 Å². The minimum absolute atomic E-state index is 0.0351. The van der Waals surface area contributed by atoms with E-state index in [9.17, 15) is 19.8 Å². The molecule has 0 aromatic carbocycles. The molecule has 4 aliphatic rings. The Bertz CT molecular complexity index is 712. The van der Waals surface area contributed by atoms with E-state index < -0.39 is 58.9 Å². The first kappa shape index (κ1) is 18.9. The highest BCUT2D eigenvalue weighted by Gasteiger charge is 2.86. The number of esters is 2. The lowest BCUT2D eigenvalue weighted by Gasteiger charge is -2.58. The van der Waals surface area contributed by atoms with E-state index in [1.807, 2.05) is 19.9 Å². The van der Waals surface area contributed by atoms with Gasteiger partial charge in [-0.15, -0.1) is 0 Å². The zero-order chi connectivity index (χ0) is 19.8. The Morgan fingerprint density at radius 2 is 1.96 bits per heavy atom. The summed E-state index contributed by atoms with van der Waals surface area (Å²) in [6, 6.07) is 0. The van der Waals surface area contributed by atoms with Crippen molar-refractivity contribution in [3.8, 4) is 0 Å². The molecule has 1 spiro atoms. The van der Waals surface area contributed by atoms with Gasteiger partial charge in [-0.25, -0.2) is 0 Å². The number of aliphatic hydroxyl groups excluding tert-OH is 2. The van der Waals surface area contributed by atoms with Crippen molar-refractivity contribution in [2.45, 2.75) is 70.2 Å². The van der Waals surface area contributed by atoms with Crippen molar-refractivity contribution in [1.82, 2.24) is 0 Å². The van der Waals surface area contributed by atoms with Crippen LogP contribution in [0.15, 0.2) is 11.6 Å². The summed E-state index contributed by atoms with van der Waals surface area (Å²) in [5.74, 6) is -0.978. The van der Waals surface area contributed by atoms with Gasteiger partial charge in [0.15, 0.2) is 0 Å². The van der Waals surface area contributed by atoms with Crippen LogP contribution in [0.2, 0.25) is 0 Å². The molecule has 150 valence electrons. The summed E-state index contributed by atoms with van der Waals surface area (Å²) < 4.78 is 23.1. The molecule has 2 saturated heterocycles. The fraction of sp³-hybridized carbons (Fsp3) is 0.789. The lowest BCUT2D eigenvalue weighted by Crippen LogP contribution is -2.67. The highest BCUT2D eigenvalue weighted by Crippen LogP contribution is 2.72. The predicted octanol–water partition coefficient (Wildman–Crippen LogP) is 0.0957. The smallest absolute Gasteiger partial charge is 0.303 e. The number of carbonyl (C=O) groups excluding carboxylic acids is 2. The molecule has 2 heterocycles. The number of ether oxygens (including phenoxy) is 4. The molecule has 1 saturated carbocycles. The molecular formula is C19H26O8. The Kier molecular flexibility index (Phi) is 4.03. The largest absolute Gasteiger partial charge is 0.465 e. The van der Waals surface area contributed by atoms with Crippen LogP contribution in [0.5, 0.6) is 0 Å². The molecule has 0 radical (unpaired) electrons. The molecule has 8 nitrogen and oxygen atoms in total. The van der Waals surface area contributed by atoms with Crippen LogP contribution in [-0.4, -0.2) is 71.5 Å². The number of rotatable bonds is 3. The van der Waals surface area contributed by atoms with Gasteiger partial charge in [-0.05, 0) is 18.9 Å². The third-order valence-electron chi connectivity index (χ3n) is 7.18. The number of carbonyl (C=O) groups is 2. The number of hydrogen-bond donors (Lipinski definition) is 2. The van der Waals surface area contributed by atoms with Crippen molar-refractivity contribution in [2.75, 3.05) is 13.2 Å². The summed E-state index contributed by atoms with van der Waals surface area (Å²) in [6.45, 7) is 6.61. The van der Waals surface area contributed by atoms with E-state index in [1.165, 1.54) is 13.8 Å². The van der Waals surface area contributed by atoms with E-state index in [0.29, 0.717) is 6.61 Å². The molecule has 2 bridgehead atoms. The maximum Gasteiger partial charge on any atom is 0.303 e. The van der Waals surface area contributed by atoms with Gasteiger partial charge in [0.25, 0.3) is 0 Å². The lowest BCUT2D eigenvalue weighted by atomic mass is 9.51. The molecule has 3 fully saturated rings. The predicted molar refractivity (Wildman–Crippen MR) is 90.5 cm³/mol. The Labute approximate surface area is 157 Å². The standard InChI is InChI=1S/C19H26O8/c1-9-5-13-18(6-12(9)22,7-24-10(2)20)17(4)15(26-11(3)21)14(23)16(27-13)19(17)8-25-19/h5,12-16,22-23H,6-8H2,1-4H3/t12-,13?,14+,15?,16?,17?,18+,19-/m0/s1. The van der Waals surface area contributed by atoms with E-state index in [2.05, 4.69) is 0 Å². The van der Waals surface area contributed by atoms with Crippen molar-refractivity contribution in [2.24, 2.45) is 10.8 Å². The van der Waals surface area contributed by atoms with Crippen LogP contribution in [-0.2, 0) is 28.5 Å². The topological polar surface area (TPSA) is 115 Å². The van der Waals surface area contributed by atoms with Crippen LogP contribution in [0.3, 0.4) is 0 Å². The highest BCUT2D eigenvalue weighted by atomic mass is 16.7. The van der Waals surface area contributed by atoms with Crippen molar-refractivity contribution < 1.29 is 38.7 Å². The molecule has 8 atom stereocenters. The van der Waals surface area contributed by atoms with Crippen molar-refractivity contribution in [3.05, 3.63) is 11.6 Å². The molecule has 2 aliphatic carbocycles. The zero-order valence-electron chi connectivity index (χ0n) is 15.9. The quantitative estimate of drug-likeness (QED) is 0.401. The van der Waals surface area contributed by atoms with E-state index in [0.717, 1.165) is 5.57 Å². The van der Waals surface area contributed by atoms with E-state index >= 15 is 0 Å². The average Bonchev–Trinajstić information content (AvgIpc) is 3.36. The third-order valence-corrected chi connectivity index (χ3v) is 7.18. The molecule has 2 N–H and O–H groups in total. The summed E-state index contributed by atoms with van der Waals surface area (Å²) in [4.78, 5) is 23.4. The van der Waals surface area contributed by atoms with Gasteiger partial charge in [0.1, 0.15) is 30.5 Å². The summed E-state index contributed by atoms with van der Waals surface area (Å²) in [5.41, 5.74) is -1.91. The van der Waals surface area contributed by atoms with Gasteiger partial charge < -0.3 is 29.2 Å². The molecule has 2 aliphatic heterocycles. The molecule has 27 heavy (non-hydrogen) atoms. The minimum atomic E-state index is -1.08. The monoisotopic (exact) mass is 382 g/mol. The van der Waals surface area contributed by atoms with E-state index in [1.54, 1.807) is 0 Å². The highest BCUT2D eigenvalue weighted by molar-refractivity contribution is 5.67. The minimum Gasteiger partial charge on any atom is -0.465 e. The first-order valence-corrected chi connectivity index (χ1v) is 9.23. The molecular weight excluding hydrogens is 356 g/mol. The van der Waals surface area contributed by atoms with Crippen molar-refractivity contribution in [1.29, 1.82) is 0 Å². The Morgan fingerprint density at radius 1 is 1.30 bits per heavy atom. The molecule has 0 aromatic heterocycles. The summed E-state index contributed by atoms with van der Waals surface area (Å²) in [6.07, 6.45) is -1.86. The van der Waals surface area contributed by atoms with Crippen LogP contribution in [0.4, 0.5) is 0 Å². The molecule has 4 rings (SSSR count). The van der Waals surface area contributed by atoms with Crippen molar-refractivity contribution in [3.63, 3.8) is 0 Å². The van der Waals surface area contributed by atoms with Gasteiger partial charge in [0.2, 0.25) is 0 Å². The Balaban J connectivity index is 1.88. The van der Waals surface area contributed by atoms with Crippen LogP contribution in [0, 0.1) is 10.8 Å².